The van der Waals surface area contributed by atoms with Gasteiger partial charge in [0.25, 0.3) is 0 Å². The first-order chi connectivity index (χ1) is 3.89. The highest BCUT2D eigenvalue weighted by Gasteiger charge is 1.78. The maximum atomic E-state index is 6.99. The van der Waals surface area contributed by atoms with Gasteiger partial charge in [0.05, 0.1) is 14.2 Å². The van der Waals surface area contributed by atoms with E-state index >= 15 is 0 Å². The van der Waals surface area contributed by atoms with Crippen LogP contribution in [-0.4, -0.2) is 19.3 Å². The van der Waals surface area contributed by atoms with Crippen molar-refractivity contribution in [2.75, 3.05) is 13.1 Å². The average molecular weight is 98.1 g/mol. The zero-order valence-electron chi connectivity index (χ0n) is 4.87. The minimum Gasteiger partial charge on any atom is -0.496 e. The van der Waals surface area contributed by atoms with Gasteiger partial charge in [0.1, 0.15) is 6.58 Å². The molecule has 2 nitrogen and oxygen atoms in total. The van der Waals surface area contributed by atoms with Gasteiger partial charge in [0.2, 0.25) is 0 Å². The van der Waals surface area contributed by atoms with Crippen LogP contribution in [-0.2, 0) is 4.74 Å². The van der Waals surface area contributed by atoms with E-state index < -0.39 is 6.58 Å². The van der Waals surface area contributed by atoms with E-state index in [1.54, 1.807) is 6.08 Å². The van der Waals surface area contributed by atoms with Crippen molar-refractivity contribution in [1.82, 2.24) is 0 Å². The van der Waals surface area contributed by atoms with Gasteiger partial charge < -0.3 is 4.74 Å². The van der Waals surface area contributed by atoms with Gasteiger partial charge in [0, 0.05) is 6.21 Å². The monoisotopic (exact) mass is 98.1 g/mol. The summed E-state index contributed by atoms with van der Waals surface area (Å²) in [5.41, 5.74) is 0. The summed E-state index contributed by atoms with van der Waals surface area (Å²) in [4.78, 5) is 3.83. The maximum Gasteiger partial charge on any atom is 0.122 e. The van der Waals surface area contributed by atoms with E-state index in [4.69, 9.17) is 6.11 Å². The molecule has 0 amide bonds. The van der Waals surface area contributed by atoms with E-state index in [9.17, 15) is 0 Å². The fourth-order valence-electron chi connectivity index (χ4n) is 0.344. The first-order valence-corrected chi connectivity index (χ1v) is 2.12. The highest BCUT2D eigenvalue weighted by molar-refractivity contribution is 5.58. The van der Waals surface area contributed by atoms with E-state index in [-0.39, 0.29) is 0 Å². The Morgan fingerprint density at radius 3 is 3.86 bits per heavy atom. The number of aliphatic imine (C=N–C) groups is 1. The largest absolute Gasteiger partial charge is 0.496 e. The SMILES string of the molecule is [2H]C1C=NCC=CO1. The first-order valence-electron chi connectivity index (χ1n) is 2.70. The van der Waals surface area contributed by atoms with E-state index in [0.717, 1.165) is 0 Å². The molecule has 7 heavy (non-hydrogen) atoms. The molecule has 0 aromatic heterocycles. The second-order valence-electron chi connectivity index (χ2n) is 1.16. The van der Waals surface area contributed by atoms with Crippen molar-refractivity contribution in [2.24, 2.45) is 4.99 Å². The summed E-state index contributed by atoms with van der Waals surface area (Å²) < 4.78 is 11.7. The molecule has 1 unspecified atom stereocenters. The Bertz CT molecular complexity index is 122. The normalized spacial score (nSPS) is 30.9. The van der Waals surface area contributed by atoms with Crippen LogP contribution in [0.25, 0.3) is 0 Å². The highest BCUT2D eigenvalue weighted by Crippen LogP contribution is 1.82. The van der Waals surface area contributed by atoms with E-state index in [0.29, 0.717) is 6.54 Å². The summed E-state index contributed by atoms with van der Waals surface area (Å²) in [5.74, 6) is 0. The molecule has 0 aromatic carbocycles. The van der Waals surface area contributed by atoms with Crippen LogP contribution in [0.3, 0.4) is 0 Å². The molecule has 0 aromatic rings. The summed E-state index contributed by atoms with van der Waals surface area (Å²) in [7, 11) is 0. The fraction of sp³-hybridized carbons (Fsp3) is 0.400. The van der Waals surface area contributed by atoms with Crippen LogP contribution < -0.4 is 0 Å². The molecule has 38 valence electrons. The molecule has 0 N–H and O–H groups in total. The molecular weight excluding hydrogens is 90.1 g/mol. The minimum atomic E-state index is -0.603. The smallest absolute Gasteiger partial charge is 0.122 e. The zero-order chi connectivity index (χ0) is 5.82. The van der Waals surface area contributed by atoms with Gasteiger partial charge in [0.15, 0.2) is 0 Å². The number of ether oxygens (including phenoxy) is 1. The van der Waals surface area contributed by atoms with E-state index in [2.05, 4.69) is 4.99 Å². The minimum absolute atomic E-state index is 0.603. The Labute approximate surface area is 43.9 Å². The predicted molar refractivity (Wildman–Crippen MR) is 28.5 cm³/mol. The summed E-state index contributed by atoms with van der Waals surface area (Å²) in [6, 6.07) is 0. The van der Waals surface area contributed by atoms with Crippen molar-refractivity contribution in [3.05, 3.63) is 12.3 Å². The third kappa shape index (κ3) is 1.39. The van der Waals surface area contributed by atoms with Crippen molar-refractivity contribution in [3.8, 4) is 0 Å². The summed E-state index contributed by atoms with van der Waals surface area (Å²) >= 11 is 0. The van der Waals surface area contributed by atoms with Crippen LogP contribution in [0.5, 0.6) is 0 Å². The molecule has 1 atom stereocenters. The summed E-state index contributed by atoms with van der Waals surface area (Å²) in [5, 5.41) is 0. The quantitative estimate of drug-likeness (QED) is 0.434. The molecular formula is C5H7NO. The van der Waals surface area contributed by atoms with E-state index in [1.807, 2.05) is 0 Å². The Kier molecular flexibility index (Phi) is 1.11. The molecule has 1 aliphatic rings. The van der Waals surface area contributed by atoms with Gasteiger partial charge >= 0.3 is 0 Å². The van der Waals surface area contributed by atoms with Gasteiger partial charge in [-0.2, -0.15) is 0 Å². The van der Waals surface area contributed by atoms with Crippen molar-refractivity contribution >= 4 is 6.21 Å². The molecule has 0 bridgehead atoms. The highest BCUT2D eigenvalue weighted by atomic mass is 16.5. The first kappa shape index (κ1) is 3.24. The third-order valence-electron chi connectivity index (χ3n) is 0.630. The molecule has 2 heteroatoms. The Morgan fingerprint density at radius 1 is 1.86 bits per heavy atom. The number of hydrogen-bond acceptors (Lipinski definition) is 2. The predicted octanol–water partition coefficient (Wildman–Crippen LogP) is 0.601. The van der Waals surface area contributed by atoms with Crippen LogP contribution >= 0.6 is 0 Å². The Morgan fingerprint density at radius 2 is 2.86 bits per heavy atom. The molecule has 0 radical (unpaired) electrons. The molecule has 0 fully saturated rings. The zero-order valence-corrected chi connectivity index (χ0v) is 3.87. The van der Waals surface area contributed by atoms with Crippen LogP contribution in [0.4, 0.5) is 0 Å². The summed E-state index contributed by atoms with van der Waals surface area (Å²) in [6.45, 7) is 0.0313. The van der Waals surface area contributed by atoms with E-state index in [1.165, 1.54) is 12.5 Å². The maximum absolute atomic E-state index is 6.99. The summed E-state index contributed by atoms with van der Waals surface area (Å²) in [6.07, 6.45) is 4.75. The lowest BCUT2D eigenvalue weighted by Crippen LogP contribution is -1.83. The number of hydrogen-bond donors (Lipinski definition) is 0. The fourth-order valence-corrected chi connectivity index (χ4v) is 0.344. The van der Waals surface area contributed by atoms with Gasteiger partial charge in [-0.3, -0.25) is 4.99 Å². The molecule has 1 rings (SSSR count). The average Bonchev–Trinajstić information content (AvgIpc) is 1.94. The topological polar surface area (TPSA) is 21.6 Å². The van der Waals surface area contributed by atoms with Crippen LogP contribution in [0.2, 0.25) is 0 Å². The van der Waals surface area contributed by atoms with Gasteiger partial charge in [-0.15, -0.1) is 0 Å². The molecule has 0 spiro atoms. The standard InChI is InChI=1S/C5H7NO/c1-2-6-3-5-7-4-1/h1,3-4H,2,5H2/i5D. The van der Waals surface area contributed by atoms with Crippen LogP contribution in [0.1, 0.15) is 1.37 Å². The van der Waals surface area contributed by atoms with Crippen molar-refractivity contribution < 1.29 is 6.11 Å². The lowest BCUT2D eigenvalue weighted by Gasteiger charge is -1.85. The van der Waals surface area contributed by atoms with Crippen molar-refractivity contribution in [3.63, 3.8) is 0 Å². The Balaban J connectivity index is 2.48. The van der Waals surface area contributed by atoms with Crippen molar-refractivity contribution in [2.45, 2.75) is 0 Å². The van der Waals surface area contributed by atoms with Crippen molar-refractivity contribution in [1.29, 1.82) is 0 Å². The molecule has 0 aliphatic carbocycles. The van der Waals surface area contributed by atoms with Gasteiger partial charge in [-0.05, 0) is 6.08 Å². The number of nitrogens with zero attached hydrogens (tertiary/aromatic N) is 1. The van der Waals surface area contributed by atoms with Crippen LogP contribution in [0.15, 0.2) is 17.3 Å². The van der Waals surface area contributed by atoms with Gasteiger partial charge in [-0.1, -0.05) is 0 Å². The second-order valence-corrected chi connectivity index (χ2v) is 1.16. The third-order valence-corrected chi connectivity index (χ3v) is 0.630. The van der Waals surface area contributed by atoms with Crippen LogP contribution in [0, 0.1) is 0 Å². The molecule has 0 saturated heterocycles. The lowest BCUT2D eigenvalue weighted by atomic mass is 10.6. The second kappa shape index (κ2) is 2.39. The Hall–Kier alpha value is -0.790. The molecule has 1 aliphatic heterocycles. The molecule has 0 saturated carbocycles. The number of rotatable bonds is 0. The lowest BCUT2D eigenvalue weighted by molar-refractivity contribution is 0.307. The molecule has 1 heterocycles. The van der Waals surface area contributed by atoms with Gasteiger partial charge in [-0.25, -0.2) is 0 Å².